The molecule has 106 valence electrons. The Morgan fingerprint density at radius 3 is 2.86 bits per heavy atom. The normalized spacial score (nSPS) is 12.5. The molecule has 0 saturated heterocycles. The van der Waals surface area contributed by atoms with Crippen molar-refractivity contribution in [3.8, 4) is 0 Å². The molecule has 3 rings (SSSR count). The standard InChI is InChI=1S/C18H17BrN2/c1-13(15-4-2-6-17(19)11-15)21-12-14-7-8-18-16(10-14)5-3-9-20-18/h2-11,13,21H,12H2,1H3. The molecule has 3 heteroatoms. The summed E-state index contributed by atoms with van der Waals surface area (Å²) in [6, 6.07) is 19.2. The van der Waals surface area contributed by atoms with Gasteiger partial charge in [0, 0.05) is 28.6 Å². The van der Waals surface area contributed by atoms with Crippen LogP contribution in [0.2, 0.25) is 0 Å². The van der Waals surface area contributed by atoms with Crippen LogP contribution in [0.3, 0.4) is 0 Å². The minimum Gasteiger partial charge on any atom is -0.306 e. The third-order valence-corrected chi connectivity index (χ3v) is 4.12. The first kappa shape index (κ1) is 14.2. The van der Waals surface area contributed by atoms with Gasteiger partial charge in [-0.05, 0) is 48.4 Å². The van der Waals surface area contributed by atoms with Crippen LogP contribution in [0.4, 0.5) is 0 Å². The summed E-state index contributed by atoms with van der Waals surface area (Å²) in [6.07, 6.45) is 1.83. The van der Waals surface area contributed by atoms with Crippen LogP contribution in [-0.2, 0) is 6.54 Å². The van der Waals surface area contributed by atoms with Crippen molar-refractivity contribution in [2.75, 3.05) is 0 Å². The van der Waals surface area contributed by atoms with E-state index < -0.39 is 0 Å². The van der Waals surface area contributed by atoms with Crippen molar-refractivity contribution in [2.45, 2.75) is 19.5 Å². The predicted molar refractivity (Wildman–Crippen MR) is 91.1 cm³/mol. The number of nitrogens with zero attached hydrogens (tertiary/aromatic N) is 1. The third kappa shape index (κ3) is 3.49. The molecule has 2 aromatic carbocycles. The molecule has 0 amide bonds. The quantitative estimate of drug-likeness (QED) is 0.734. The molecule has 1 aromatic heterocycles. The Kier molecular flexibility index (Phi) is 4.32. The number of nitrogens with one attached hydrogen (secondary N) is 1. The third-order valence-electron chi connectivity index (χ3n) is 3.63. The highest BCUT2D eigenvalue weighted by atomic mass is 79.9. The van der Waals surface area contributed by atoms with Crippen LogP contribution in [0, 0.1) is 0 Å². The monoisotopic (exact) mass is 340 g/mol. The summed E-state index contributed by atoms with van der Waals surface area (Å²) in [4.78, 5) is 4.35. The molecule has 21 heavy (non-hydrogen) atoms. The van der Waals surface area contributed by atoms with Crippen molar-refractivity contribution in [3.63, 3.8) is 0 Å². The summed E-state index contributed by atoms with van der Waals surface area (Å²) in [5.74, 6) is 0. The number of halogens is 1. The highest BCUT2D eigenvalue weighted by Crippen LogP contribution is 2.19. The molecule has 0 spiro atoms. The first-order valence-corrected chi connectivity index (χ1v) is 7.84. The molecule has 1 heterocycles. The molecule has 0 saturated carbocycles. The second-order valence-corrected chi connectivity index (χ2v) is 6.10. The van der Waals surface area contributed by atoms with Gasteiger partial charge < -0.3 is 5.32 Å². The fraction of sp³-hybridized carbons (Fsp3) is 0.167. The lowest BCUT2D eigenvalue weighted by atomic mass is 10.1. The maximum absolute atomic E-state index is 4.35. The molecule has 0 aliphatic rings. The van der Waals surface area contributed by atoms with Crippen molar-refractivity contribution in [3.05, 3.63) is 76.4 Å². The summed E-state index contributed by atoms with van der Waals surface area (Å²) in [6.45, 7) is 3.03. The van der Waals surface area contributed by atoms with Gasteiger partial charge in [-0.2, -0.15) is 0 Å². The molecule has 0 fully saturated rings. The van der Waals surface area contributed by atoms with E-state index in [-0.39, 0.29) is 0 Å². The van der Waals surface area contributed by atoms with E-state index in [4.69, 9.17) is 0 Å². The topological polar surface area (TPSA) is 24.9 Å². The van der Waals surface area contributed by atoms with E-state index in [0.29, 0.717) is 6.04 Å². The first-order valence-electron chi connectivity index (χ1n) is 7.05. The Labute approximate surface area is 133 Å². The van der Waals surface area contributed by atoms with Gasteiger partial charge >= 0.3 is 0 Å². The lowest BCUT2D eigenvalue weighted by molar-refractivity contribution is 0.575. The Hall–Kier alpha value is -1.71. The van der Waals surface area contributed by atoms with Crippen LogP contribution in [-0.4, -0.2) is 4.98 Å². The maximum Gasteiger partial charge on any atom is 0.0702 e. The highest BCUT2D eigenvalue weighted by molar-refractivity contribution is 9.10. The van der Waals surface area contributed by atoms with Gasteiger partial charge in [0.05, 0.1) is 5.52 Å². The summed E-state index contributed by atoms with van der Waals surface area (Å²) < 4.78 is 1.12. The smallest absolute Gasteiger partial charge is 0.0702 e. The van der Waals surface area contributed by atoms with E-state index in [2.05, 4.69) is 75.6 Å². The minimum atomic E-state index is 0.312. The van der Waals surface area contributed by atoms with Crippen molar-refractivity contribution in [1.82, 2.24) is 10.3 Å². The number of pyridine rings is 1. The number of fused-ring (bicyclic) bond motifs is 1. The van der Waals surface area contributed by atoms with Gasteiger partial charge in [-0.25, -0.2) is 0 Å². The number of benzene rings is 2. The summed E-state index contributed by atoms with van der Waals surface area (Å²) in [5, 5.41) is 4.75. The number of aromatic nitrogens is 1. The van der Waals surface area contributed by atoms with E-state index in [9.17, 15) is 0 Å². The molecule has 2 nitrogen and oxygen atoms in total. The Morgan fingerprint density at radius 1 is 1.10 bits per heavy atom. The van der Waals surface area contributed by atoms with Crippen LogP contribution in [0.25, 0.3) is 10.9 Å². The van der Waals surface area contributed by atoms with Gasteiger partial charge in [0.1, 0.15) is 0 Å². The number of rotatable bonds is 4. The largest absolute Gasteiger partial charge is 0.306 e. The summed E-state index contributed by atoms with van der Waals surface area (Å²) in [7, 11) is 0. The summed E-state index contributed by atoms with van der Waals surface area (Å²) >= 11 is 3.52. The van der Waals surface area contributed by atoms with Crippen LogP contribution >= 0.6 is 15.9 Å². The lowest BCUT2D eigenvalue weighted by Crippen LogP contribution is -2.18. The van der Waals surface area contributed by atoms with Gasteiger partial charge in [-0.3, -0.25) is 4.98 Å². The van der Waals surface area contributed by atoms with Crippen LogP contribution in [0.5, 0.6) is 0 Å². The van der Waals surface area contributed by atoms with Crippen LogP contribution in [0.1, 0.15) is 24.1 Å². The van der Waals surface area contributed by atoms with Crippen LogP contribution in [0.15, 0.2) is 65.3 Å². The van der Waals surface area contributed by atoms with Crippen molar-refractivity contribution in [2.24, 2.45) is 0 Å². The predicted octanol–water partition coefficient (Wildman–Crippen LogP) is 4.85. The molecule has 0 bridgehead atoms. The Bertz CT molecular complexity index is 755. The van der Waals surface area contributed by atoms with E-state index in [0.717, 1.165) is 16.5 Å². The second kappa shape index (κ2) is 6.37. The van der Waals surface area contributed by atoms with E-state index >= 15 is 0 Å². The Morgan fingerprint density at radius 2 is 2.00 bits per heavy atom. The number of hydrogen-bond donors (Lipinski definition) is 1. The second-order valence-electron chi connectivity index (χ2n) is 5.19. The molecule has 0 radical (unpaired) electrons. The van der Waals surface area contributed by atoms with Gasteiger partial charge in [-0.1, -0.05) is 40.2 Å². The molecule has 1 N–H and O–H groups in total. The zero-order chi connectivity index (χ0) is 14.7. The fourth-order valence-electron chi connectivity index (χ4n) is 2.40. The molecule has 0 aliphatic carbocycles. The average molecular weight is 341 g/mol. The molecule has 1 unspecified atom stereocenters. The molecular formula is C18H17BrN2. The van der Waals surface area contributed by atoms with E-state index in [1.54, 1.807) is 0 Å². The van der Waals surface area contributed by atoms with Crippen molar-refractivity contribution < 1.29 is 0 Å². The van der Waals surface area contributed by atoms with Gasteiger partial charge in [0.2, 0.25) is 0 Å². The first-order chi connectivity index (χ1) is 10.2. The van der Waals surface area contributed by atoms with Crippen LogP contribution < -0.4 is 5.32 Å². The number of hydrogen-bond acceptors (Lipinski definition) is 2. The van der Waals surface area contributed by atoms with Gasteiger partial charge in [-0.15, -0.1) is 0 Å². The molecule has 3 aromatic rings. The molecule has 1 atom stereocenters. The van der Waals surface area contributed by atoms with E-state index in [1.807, 2.05) is 18.3 Å². The van der Waals surface area contributed by atoms with Gasteiger partial charge in [0.15, 0.2) is 0 Å². The summed E-state index contributed by atoms with van der Waals surface area (Å²) in [5.41, 5.74) is 3.60. The average Bonchev–Trinajstić information content (AvgIpc) is 2.52. The van der Waals surface area contributed by atoms with E-state index in [1.165, 1.54) is 16.5 Å². The maximum atomic E-state index is 4.35. The lowest BCUT2D eigenvalue weighted by Gasteiger charge is -2.15. The Balaban J connectivity index is 1.71. The SMILES string of the molecule is CC(NCc1ccc2ncccc2c1)c1cccc(Br)c1. The van der Waals surface area contributed by atoms with Crippen molar-refractivity contribution >= 4 is 26.8 Å². The zero-order valence-electron chi connectivity index (χ0n) is 11.9. The minimum absolute atomic E-state index is 0.312. The van der Waals surface area contributed by atoms with Crippen molar-refractivity contribution in [1.29, 1.82) is 0 Å². The fourth-order valence-corrected chi connectivity index (χ4v) is 2.82. The zero-order valence-corrected chi connectivity index (χ0v) is 13.5. The molecular weight excluding hydrogens is 324 g/mol. The highest BCUT2D eigenvalue weighted by Gasteiger charge is 2.05. The van der Waals surface area contributed by atoms with Gasteiger partial charge in [0.25, 0.3) is 0 Å². The molecule has 0 aliphatic heterocycles.